The molecule has 0 saturated carbocycles. The summed E-state index contributed by atoms with van der Waals surface area (Å²) in [5, 5.41) is 9.07. The van der Waals surface area contributed by atoms with Crippen LogP contribution in [0.4, 0.5) is 0 Å². The van der Waals surface area contributed by atoms with E-state index in [9.17, 15) is 0 Å². The Labute approximate surface area is 129 Å². The lowest BCUT2D eigenvalue weighted by Crippen LogP contribution is -2.24. The highest BCUT2D eigenvalue weighted by atomic mass is 35.5. The van der Waals surface area contributed by atoms with Crippen molar-refractivity contribution in [1.29, 1.82) is 0 Å². The number of halogens is 2. The summed E-state index contributed by atoms with van der Waals surface area (Å²) < 4.78 is 1.91. The molecule has 0 aliphatic rings. The molecule has 0 fully saturated rings. The van der Waals surface area contributed by atoms with Crippen LogP contribution in [0.25, 0.3) is 0 Å². The summed E-state index contributed by atoms with van der Waals surface area (Å²) in [6.45, 7) is 4.95. The van der Waals surface area contributed by atoms with Gasteiger partial charge in [0.05, 0.1) is 15.7 Å². The van der Waals surface area contributed by atoms with Crippen LogP contribution in [0.15, 0.2) is 24.3 Å². The molecule has 108 valence electrons. The van der Waals surface area contributed by atoms with E-state index in [1.807, 2.05) is 36.9 Å². The van der Waals surface area contributed by atoms with Crippen LogP contribution in [0.3, 0.4) is 0 Å². The standard InChI is InChI=1S/C15H19Cl2N3/c1-4-18-14(9-11-8-10(2)19-20(11)3)12-6-5-7-13(16)15(12)17/h5-8,14,18H,4,9H2,1-3H3. The van der Waals surface area contributed by atoms with E-state index >= 15 is 0 Å². The Morgan fingerprint density at radius 1 is 1.35 bits per heavy atom. The smallest absolute Gasteiger partial charge is 0.0640 e. The van der Waals surface area contributed by atoms with E-state index in [2.05, 4.69) is 23.4 Å². The molecule has 0 amide bonds. The van der Waals surface area contributed by atoms with E-state index in [4.69, 9.17) is 23.2 Å². The van der Waals surface area contributed by atoms with Gasteiger partial charge in [-0.25, -0.2) is 0 Å². The van der Waals surface area contributed by atoms with Crippen molar-refractivity contribution < 1.29 is 0 Å². The first-order valence-electron chi connectivity index (χ1n) is 6.69. The SMILES string of the molecule is CCNC(Cc1cc(C)nn1C)c1cccc(Cl)c1Cl. The first-order valence-corrected chi connectivity index (χ1v) is 7.45. The van der Waals surface area contributed by atoms with E-state index in [-0.39, 0.29) is 6.04 Å². The normalized spacial score (nSPS) is 12.7. The van der Waals surface area contributed by atoms with Crippen molar-refractivity contribution in [3.05, 3.63) is 51.3 Å². The van der Waals surface area contributed by atoms with Gasteiger partial charge in [0.25, 0.3) is 0 Å². The molecule has 0 aliphatic carbocycles. The van der Waals surface area contributed by atoms with Gasteiger partial charge in [-0.15, -0.1) is 0 Å². The fourth-order valence-electron chi connectivity index (χ4n) is 2.39. The average molecular weight is 312 g/mol. The lowest BCUT2D eigenvalue weighted by atomic mass is 10.0. The monoisotopic (exact) mass is 311 g/mol. The van der Waals surface area contributed by atoms with Crippen LogP contribution in [-0.4, -0.2) is 16.3 Å². The molecule has 0 bridgehead atoms. The summed E-state index contributed by atoms with van der Waals surface area (Å²) >= 11 is 12.5. The zero-order valence-electron chi connectivity index (χ0n) is 12.0. The summed E-state index contributed by atoms with van der Waals surface area (Å²) in [4.78, 5) is 0. The van der Waals surface area contributed by atoms with Gasteiger partial charge in [0, 0.05) is 25.2 Å². The molecule has 2 rings (SSSR count). The highest BCUT2D eigenvalue weighted by Crippen LogP contribution is 2.31. The first-order chi connectivity index (χ1) is 9.52. The van der Waals surface area contributed by atoms with Gasteiger partial charge in [-0.05, 0) is 31.2 Å². The zero-order valence-corrected chi connectivity index (χ0v) is 13.5. The third-order valence-electron chi connectivity index (χ3n) is 3.32. The Morgan fingerprint density at radius 2 is 2.10 bits per heavy atom. The van der Waals surface area contributed by atoms with Crippen LogP contribution in [0.1, 0.15) is 29.9 Å². The molecule has 1 unspecified atom stereocenters. The van der Waals surface area contributed by atoms with Gasteiger partial charge in [0.1, 0.15) is 0 Å². The van der Waals surface area contributed by atoms with Gasteiger partial charge >= 0.3 is 0 Å². The minimum absolute atomic E-state index is 0.126. The molecule has 0 radical (unpaired) electrons. The van der Waals surface area contributed by atoms with Gasteiger partial charge in [-0.2, -0.15) is 5.10 Å². The fourth-order valence-corrected chi connectivity index (χ4v) is 2.83. The van der Waals surface area contributed by atoms with Gasteiger partial charge in [-0.3, -0.25) is 4.68 Å². The second-order valence-electron chi connectivity index (χ2n) is 4.86. The number of aromatic nitrogens is 2. The molecule has 0 saturated heterocycles. The maximum Gasteiger partial charge on any atom is 0.0640 e. The van der Waals surface area contributed by atoms with Gasteiger partial charge < -0.3 is 5.32 Å². The quantitative estimate of drug-likeness (QED) is 0.906. The predicted molar refractivity (Wildman–Crippen MR) is 84.5 cm³/mol. The van der Waals surface area contributed by atoms with Crippen LogP contribution in [0, 0.1) is 6.92 Å². The number of aryl methyl sites for hydroxylation is 2. The minimum atomic E-state index is 0.126. The summed E-state index contributed by atoms with van der Waals surface area (Å²) in [5.74, 6) is 0. The Hall–Kier alpha value is -1.03. The van der Waals surface area contributed by atoms with Gasteiger partial charge in [0.15, 0.2) is 0 Å². The van der Waals surface area contributed by atoms with Gasteiger partial charge in [0.2, 0.25) is 0 Å². The van der Waals surface area contributed by atoms with Crippen molar-refractivity contribution in [2.75, 3.05) is 6.54 Å². The third-order valence-corrected chi connectivity index (χ3v) is 4.15. The van der Waals surface area contributed by atoms with E-state index in [1.165, 1.54) is 5.69 Å². The van der Waals surface area contributed by atoms with Crippen LogP contribution >= 0.6 is 23.2 Å². The molecule has 0 spiro atoms. The van der Waals surface area contributed by atoms with E-state index in [0.29, 0.717) is 10.0 Å². The van der Waals surface area contributed by atoms with Crippen LogP contribution in [-0.2, 0) is 13.5 Å². The second-order valence-corrected chi connectivity index (χ2v) is 5.64. The molecule has 1 N–H and O–H groups in total. The Bertz CT molecular complexity index is 593. The lowest BCUT2D eigenvalue weighted by molar-refractivity contribution is 0.529. The molecule has 2 aromatic rings. The van der Waals surface area contributed by atoms with Crippen LogP contribution < -0.4 is 5.32 Å². The molecule has 1 aromatic heterocycles. The van der Waals surface area contributed by atoms with Crippen molar-refractivity contribution in [3.8, 4) is 0 Å². The number of hydrogen-bond acceptors (Lipinski definition) is 2. The van der Waals surface area contributed by atoms with Crippen LogP contribution in [0.2, 0.25) is 10.0 Å². The molecular weight excluding hydrogens is 293 g/mol. The zero-order chi connectivity index (χ0) is 14.7. The first kappa shape index (κ1) is 15.4. The van der Waals surface area contributed by atoms with Crippen molar-refractivity contribution in [1.82, 2.24) is 15.1 Å². The van der Waals surface area contributed by atoms with Crippen LogP contribution in [0.5, 0.6) is 0 Å². The number of rotatable bonds is 5. The molecule has 20 heavy (non-hydrogen) atoms. The molecule has 3 nitrogen and oxygen atoms in total. The largest absolute Gasteiger partial charge is 0.310 e. The Morgan fingerprint density at radius 3 is 2.70 bits per heavy atom. The minimum Gasteiger partial charge on any atom is -0.310 e. The molecule has 1 aromatic carbocycles. The third kappa shape index (κ3) is 3.35. The number of nitrogens with one attached hydrogen (secondary N) is 1. The van der Waals surface area contributed by atoms with Crippen molar-refractivity contribution in [2.45, 2.75) is 26.3 Å². The summed E-state index contributed by atoms with van der Waals surface area (Å²) in [5.41, 5.74) is 3.22. The summed E-state index contributed by atoms with van der Waals surface area (Å²) in [6.07, 6.45) is 0.825. The highest BCUT2D eigenvalue weighted by Gasteiger charge is 2.17. The molecule has 0 aliphatic heterocycles. The predicted octanol–water partition coefficient (Wildman–Crippen LogP) is 3.93. The molecule has 1 heterocycles. The van der Waals surface area contributed by atoms with E-state index in [1.54, 1.807) is 0 Å². The van der Waals surface area contributed by atoms with Crippen molar-refractivity contribution in [3.63, 3.8) is 0 Å². The van der Waals surface area contributed by atoms with Crippen molar-refractivity contribution in [2.24, 2.45) is 7.05 Å². The summed E-state index contributed by atoms with van der Waals surface area (Å²) in [6, 6.07) is 7.99. The van der Waals surface area contributed by atoms with Gasteiger partial charge in [-0.1, -0.05) is 42.3 Å². The molecule has 1 atom stereocenters. The number of nitrogens with zero attached hydrogens (tertiary/aromatic N) is 2. The Kier molecular flexibility index (Phi) is 5.08. The van der Waals surface area contributed by atoms with Crippen molar-refractivity contribution >= 4 is 23.2 Å². The maximum absolute atomic E-state index is 6.34. The van der Waals surface area contributed by atoms with E-state index in [0.717, 1.165) is 24.2 Å². The fraction of sp³-hybridized carbons (Fsp3) is 0.400. The average Bonchev–Trinajstić information content (AvgIpc) is 2.71. The van der Waals surface area contributed by atoms with E-state index < -0.39 is 0 Å². The molecule has 5 heteroatoms. The highest BCUT2D eigenvalue weighted by molar-refractivity contribution is 6.42. The summed E-state index contributed by atoms with van der Waals surface area (Å²) in [7, 11) is 1.96. The lowest BCUT2D eigenvalue weighted by Gasteiger charge is -2.20. The Balaban J connectivity index is 2.31. The molecular formula is C15H19Cl2N3. The topological polar surface area (TPSA) is 29.9 Å². The number of hydrogen-bond donors (Lipinski definition) is 1. The maximum atomic E-state index is 6.34. The number of benzene rings is 1. The second kappa shape index (κ2) is 6.61. The number of likely N-dealkylation sites (N-methyl/N-ethyl adjacent to an activating group) is 1.